The fraction of sp³-hybridized carbons (Fsp3) is 0.407. The Bertz CT molecular complexity index is 1110. The van der Waals surface area contributed by atoms with E-state index in [9.17, 15) is 9.18 Å². The number of aromatic nitrogens is 2. The summed E-state index contributed by atoms with van der Waals surface area (Å²) in [5, 5.41) is 4.84. The average molecular weight is 466 g/mol. The maximum atomic E-state index is 13.9. The van der Waals surface area contributed by atoms with Crippen LogP contribution in [0.2, 0.25) is 0 Å². The molecule has 1 saturated heterocycles. The molecule has 180 valence electrons. The molecule has 0 N–H and O–H groups in total. The number of hydrogen-bond donors (Lipinski definition) is 0. The molecule has 1 atom stereocenters. The van der Waals surface area contributed by atoms with Gasteiger partial charge in [-0.05, 0) is 43.5 Å². The molecule has 4 rings (SSSR count). The van der Waals surface area contributed by atoms with Gasteiger partial charge in [0.1, 0.15) is 11.6 Å². The minimum Gasteiger partial charge on any atom is -0.438 e. The van der Waals surface area contributed by atoms with Gasteiger partial charge in [0, 0.05) is 25.1 Å². The van der Waals surface area contributed by atoms with Crippen molar-refractivity contribution in [2.24, 2.45) is 5.92 Å². The molecule has 1 fully saturated rings. The third-order valence-corrected chi connectivity index (χ3v) is 5.97. The van der Waals surface area contributed by atoms with Crippen LogP contribution in [0.15, 0.2) is 54.6 Å². The Morgan fingerprint density at radius 1 is 1.24 bits per heavy atom. The number of carbonyl (C=O) groups excluding carboxylic acids is 1. The van der Waals surface area contributed by atoms with Crippen LogP contribution in [0.3, 0.4) is 0 Å². The minimum absolute atomic E-state index is 0.0320. The van der Waals surface area contributed by atoms with Crippen molar-refractivity contribution < 1.29 is 18.7 Å². The van der Waals surface area contributed by atoms with Crippen LogP contribution in [0.25, 0.3) is 5.69 Å². The van der Waals surface area contributed by atoms with E-state index in [0.29, 0.717) is 31.1 Å². The summed E-state index contributed by atoms with van der Waals surface area (Å²) in [6.45, 7) is 7.44. The topological polar surface area (TPSA) is 56.6 Å². The van der Waals surface area contributed by atoms with E-state index in [4.69, 9.17) is 14.6 Å². The van der Waals surface area contributed by atoms with Crippen LogP contribution in [-0.2, 0) is 22.5 Å². The van der Waals surface area contributed by atoms with Crippen molar-refractivity contribution in [3.63, 3.8) is 0 Å². The zero-order valence-corrected chi connectivity index (χ0v) is 20.0. The van der Waals surface area contributed by atoms with Gasteiger partial charge in [-0.15, -0.1) is 0 Å². The lowest BCUT2D eigenvalue weighted by Crippen LogP contribution is -2.39. The zero-order chi connectivity index (χ0) is 24.1. The minimum atomic E-state index is -0.379. The van der Waals surface area contributed by atoms with Crippen LogP contribution in [0.1, 0.15) is 44.9 Å². The molecule has 0 saturated carbocycles. The Labute approximate surface area is 200 Å². The van der Waals surface area contributed by atoms with E-state index in [1.165, 1.54) is 12.1 Å². The number of halogens is 1. The number of rotatable bonds is 9. The lowest BCUT2D eigenvalue weighted by molar-refractivity contribution is -0.136. The first-order chi connectivity index (χ1) is 16.5. The van der Waals surface area contributed by atoms with Gasteiger partial charge in [0.05, 0.1) is 29.6 Å². The summed E-state index contributed by atoms with van der Waals surface area (Å²) in [6, 6.07) is 15.7. The highest BCUT2D eigenvalue weighted by molar-refractivity contribution is 5.78. The molecule has 2 heterocycles. The Morgan fingerprint density at radius 2 is 2.03 bits per heavy atom. The summed E-state index contributed by atoms with van der Waals surface area (Å²) in [4.78, 5) is 15.0. The van der Waals surface area contributed by atoms with E-state index < -0.39 is 0 Å². The highest BCUT2D eigenvalue weighted by atomic mass is 19.1. The van der Waals surface area contributed by atoms with Crippen molar-refractivity contribution in [2.75, 3.05) is 13.2 Å². The molecule has 1 aliphatic heterocycles. The largest absolute Gasteiger partial charge is 0.438 e. The first-order valence-electron chi connectivity index (χ1n) is 12.0. The number of benzene rings is 2. The van der Waals surface area contributed by atoms with Crippen molar-refractivity contribution >= 4 is 5.91 Å². The van der Waals surface area contributed by atoms with Gasteiger partial charge in [-0.25, -0.2) is 9.07 Å². The van der Waals surface area contributed by atoms with Gasteiger partial charge in [-0.2, -0.15) is 5.10 Å². The second-order valence-corrected chi connectivity index (χ2v) is 8.90. The summed E-state index contributed by atoms with van der Waals surface area (Å²) >= 11 is 0. The van der Waals surface area contributed by atoms with Crippen LogP contribution in [-0.4, -0.2) is 39.8 Å². The number of para-hydroxylation sites is 1. The number of nitrogens with zero attached hydrogens (tertiary/aromatic N) is 3. The molecular formula is C27H32FN3O3. The fourth-order valence-corrected chi connectivity index (χ4v) is 4.23. The van der Waals surface area contributed by atoms with Gasteiger partial charge in [0.15, 0.2) is 0 Å². The van der Waals surface area contributed by atoms with Crippen LogP contribution in [0, 0.1) is 11.7 Å². The van der Waals surface area contributed by atoms with Crippen molar-refractivity contribution in [1.82, 2.24) is 14.7 Å². The van der Waals surface area contributed by atoms with Crippen molar-refractivity contribution in [1.29, 1.82) is 0 Å². The van der Waals surface area contributed by atoms with Crippen LogP contribution in [0.5, 0.6) is 11.6 Å². The van der Waals surface area contributed by atoms with Gasteiger partial charge < -0.3 is 14.4 Å². The number of amides is 1. The Hall–Kier alpha value is -3.19. The predicted octanol–water partition coefficient (Wildman–Crippen LogP) is 5.53. The second kappa shape index (κ2) is 10.8. The predicted molar refractivity (Wildman–Crippen MR) is 129 cm³/mol. The molecule has 7 heteroatoms. The van der Waals surface area contributed by atoms with E-state index in [0.717, 1.165) is 36.4 Å². The summed E-state index contributed by atoms with van der Waals surface area (Å²) in [5.74, 6) is 0.393. The quantitative estimate of drug-likeness (QED) is 0.417. The molecular weight excluding hydrogens is 433 g/mol. The van der Waals surface area contributed by atoms with Gasteiger partial charge in [-0.1, -0.05) is 45.0 Å². The molecule has 0 bridgehead atoms. The molecule has 0 spiro atoms. The molecule has 6 nitrogen and oxygen atoms in total. The third-order valence-electron chi connectivity index (χ3n) is 5.97. The Morgan fingerprint density at radius 3 is 2.68 bits per heavy atom. The fourth-order valence-electron chi connectivity index (χ4n) is 4.23. The molecule has 34 heavy (non-hydrogen) atoms. The van der Waals surface area contributed by atoms with Gasteiger partial charge in [-0.3, -0.25) is 4.79 Å². The smallest absolute Gasteiger partial charge is 0.227 e. The lowest BCUT2D eigenvalue weighted by atomic mass is 10.1. The monoisotopic (exact) mass is 465 g/mol. The summed E-state index contributed by atoms with van der Waals surface area (Å²) in [5.41, 5.74) is 2.49. The molecule has 1 aromatic heterocycles. The number of aryl methyl sites for hydroxylation is 1. The highest BCUT2D eigenvalue weighted by Crippen LogP contribution is 2.33. The van der Waals surface area contributed by atoms with E-state index in [1.54, 1.807) is 16.8 Å². The summed E-state index contributed by atoms with van der Waals surface area (Å²) in [7, 11) is 0. The molecule has 2 aromatic carbocycles. The van der Waals surface area contributed by atoms with Crippen molar-refractivity contribution in [3.8, 4) is 17.3 Å². The van der Waals surface area contributed by atoms with E-state index in [2.05, 4.69) is 0 Å². The van der Waals surface area contributed by atoms with Gasteiger partial charge >= 0.3 is 0 Å². The second-order valence-electron chi connectivity index (χ2n) is 8.90. The van der Waals surface area contributed by atoms with E-state index in [1.807, 2.05) is 56.0 Å². The molecule has 3 aromatic rings. The molecule has 0 unspecified atom stereocenters. The first kappa shape index (κ1) is 24.0. The van der Waals surface area contributed by atoms with E-state index in [-0.39, 0.29) is 23.7 Å². The average Bonchev–Trinajstić information content (AvgIpc) is 3.47. The number of ether oxygens (including phenoxy) is 2. The third kappa shape index (κ3) is 5.47. The van der Waals surface area contributed by atoms with Gasteiger partial charge in [0.25, 0.3) is 0 Å². The maximum Gasteiger partial charge on any atom is 0.227 e. The first-order valence-corrected chi connectivity index (χ1v) is 12.0. The van der Waals surface area contributed by atoms with Crippen LogP contribution >= 0.6 is 0 Å². The summed E-state index contributed by atoms with van der Waals surface area (Å²) in [6.07, 6.45) is 2.65. The van der Waals surface area contributed by atoms with Gasteiger partial charge in [0.2, 0.25) is 11.8 Å². The van der Waals surface area contributed by atoms with Crippen molar-refractivity contribution in [2.45, 2.75) is 52.7 Å². The molecule has 0 aliphatic carbocycles. The lowest BCUT2D eigenvalue weighted by Gasteiger charge is -2.27. The maximum absolute atomic E-state index is 13.9. The van der Waals surface area contributed by atoms with Crippen LogP contribution < -0.4 is 4.74 Å². The zero-order valence-electron chi connectivity index (χ0n) is 20.0. The Kier molecular flexibility index (Phi) is 7.63. The van der Waals surface area contributed by atoms with Crippen molar-refractivity contribution in [3.05, 3.63) is 71.7 Å². The number of hydrogen-bond acceptors (Lipinski definition) is 4. The standard InChI is InChI=1S/C27H32FN3O3/c1-4-25-24(18-30(26(32)19(2)3)17-23-14-9-15-33-23)27(34-22-13-8-10-20(28)16-22)31(29-25)21-11-6-5-7-12-21/h5-8,10-13,16,19,23H,4,9,14-15,17-18H2,1-3H3/t23-/m0/s1. The molecule has 1 aliphatic rings. The normalized spacial score (nSPS) is 15.6. The highest BCUT2D eigenvalue weighted by Gasteiger charge is 2.28. The van der Waals surface area contributed by atoms with E-state index >= 15 is 0 Å². The SMILES string of the molecule is CCc1nn(-c2ccccc2)c(Oc2cccc(F)c2)c1CN(C[C@@H]1CCCO1)C(=O)C(C)C. The van der Waals surface area contributed by atoms with Crippen LogP contribution in [0.4, 0.5) is 4.39 Å². The number of carbonyl (C=O) groups is 1. The summed E-state index contributed by atoms with van der Waals surface area (Å²) < 4.78 is 27.8. The molecule has 1 amide bonds. The Balaban J connectivity index is 1.77. The molecule has 0 radical (unpaired) electrons.